The van der Waals surface area contributed by atoms with Crippen LogP contribution < -0.4 is 10.1 Å². The Balaban J connectivity index is 1.44. The molecule has 2 aromatic carbocycles. The summed E-state index contributed by atoms with van der Waals surface area (Å²) in [5.74, 6) is 0.767. The Hall–Kier alpha value is -4.00. The van der Waals surface area contributed by atoms with Crippen LogP contribution in [0.1, 0.15) is 16.1 Å². The largest absolute Gasteiger partial charge is 0.455 e. The molecular formula is C21H17N5O2. The van der Waals surface area contributed by atoms with Crippen molar-refractivity contribution in [3.05, 3.63) is 96.6 Å². The molecule has 0 aliphatic carbocycles. The number of pyridine rings is 1. The van der Waals surface area contributed by atoms with E-state index in [2.05, 4.69) is 20.6 Å². The number of rotatable bonds is 6. The second kappa shape index (κ2) is 8.13. The van der Waals surface area contributed by atoms with Gasteiger partial charge in [0.25, 0.3) is 5.91 Å². The molecule has 7 nitrogen and oxygen atoms in total. The fraction of sp³-hybridized carbons (Fsp3) is 0.0476. The van der Waals surface area contributed by atoms with E-state index in [1.165, 1.54) is 0 Å². The van der Waals surface area contributed by atoms with Crippen LogP contribution >= 0.6 is 0 Å². The van der Waals surface area contributed by atoms with Gasteiger partial charge in [0.15, 0.2) is 0 Å². The second-order valence-corrected chi connectivity index (χ2v) is 5.96. The van der Waals surface area contributed by atoms with Gasteiger partial charge in [0.2, 0.25) is 0 Å². The van der Waals surface area contributed by atoms with Crippen molar-refractivity contribution in [2.24, 2.45) is 0 Å². The van der Waals surface area contributed by atoms with E-state index in [1.54, 1.807) is 53.6 Å². The zero-order chi connectivity index (χ0) is 19.2. The molecule has 0 bridgehead atoms. The highest BCUT2D eigenvalue weighted by atomic mass is 16.5. The Morgan fingerprint density at radius 2 is 1.82 bits per heavy atom. The monoisotopic (exact) mass is 371 g/mol. The number of para-hydroxylation sites is 2. The van der Waals surface area contributed by atoms with E-state index in [1.807, 2.05) is 36.4 Å². The van der Waals surface area contributed by atoms with E-state index in [0.717, 1.165) is 5.69 Å². The molecule has 1 amide bonds. The van der Waals surface area contributed by atoms with Crippen LogP contribution in [0.25, 0.3) is 5.69 Å². The lowest BCUT2D eigenvalue weighted by atomic mass is 10.2. The summed E-state index contributed by atoms with van der Waals surface area (Å²) in [5.41, 5.74) is 1.99. The maximum absolute atomic E-state index is 12.6. The predicted molar refractivity (Wildman–Crippen MR) is 103 cm³/mol. The molecule has 0 aliphatic heterocycles. The maximum atomic E-state index is 12.6. The molecule has 2 heterocycles. The summed E-state index contributed by atoms with van der Waals surface area (Å²) in [5, 5.41) is 11.1. The number of hydrogen-bond acceptors (Lipinski definition) is 5. The van der Waals surface area contributed by atoms with Gasteiger partial charge in [-0.1, -0.05) is 35.5 Å². The Labute approximate surface area is 161 Å². The number of ether oxygens (including phenoxy) is 1. The number of carbonyl (C=O) groups is 1. The highest BCUT2D eigenvalue weighted by molar-refractivity contribution is 5.96. The lowest BCUT2D eigenvalue weighted by Crippen LogP contribution is -2.23. The lowest BCUT2D eigenvalue weighted by Gasteiger charge is -2.10. The van der Waals surface area contributed by atoms with Gasteiger partial charge >= 0.3 is 0 Å². The summed E-state index contributed by atoms with van der Waals surface area (Å²) in [6.07, 6.45) is 5.04. The SMILES string of the molecule is O=C(NCc1cn(-c2ccccc2)nn1)c1ccccc1Oc1cccnc1. The number of nitrogens with one attached hydrogen (secondary N) is 1. The third-order valence-electron chi connectivity index (χ3n) is 3.99. The number of aromatic nitrogens is 4. The molecule has 0 radical (unpaired) electrons. The first kappa shape index (κ1) is 17.4. The van der Waals surface area contributed by atoms with Gasteiger partial charge in [0, 0.05) is 6.20 Å². The molecule has 0 unspecified atom stereocenters. The quantitative estimate of drug-likeness (QED) is 0.562. The van der Waals surface area contributed by atoms with Crippen LogP contribution in [-0.2, 0) is 6.54 Å². The molecule has 0 aliphatic rings. The molecule has 7 heteroatoms. The highest BCUT2D eigenvalue weighted by Gasteiger charge is 2.13. The molecule has 0 saturated carbocycles. The fourth-order valence-corrected chi connectivity index (χ4v) is 2.63. The van der Waals surface area contributed by atoms with Crippen molar-refractivity contribution in [2.45, 2.75) is 6.54 Å². The molecule has 0 fully saturated rings. The summed E-state index contributed by atoms with van der Waals surface area (Å²) >= 11 is 0. The van der Waals surface area contributed by atoms with Crippen molar-refractivity contribution in [3.8, 4) is 17.2 Å². The van der Waals surface area contributed by atoms with Crippen molar-refractivity contribution in [3.63, 3.8) is 0 Å². The number of benzene rings is 2. The van der Waals surface area contributed by atoms with Crippen molar-refractivity contribution < 1.29 is 9.53 Å². The molecule has 0 atom stereocenters. The van der Waals surface area contributed by atoms with Gasteiger partial charge in [-0.15, -0.1) is 5.10 Å². The van der Waals surface area contributed by atoms with E-state index >= 15 is 0 Å². The van der Waals surface area contributed by atoms with E-state index in [4.69, 9.17) is 4.74 Å². The third kappa shape index (κ3) is 4.04. The summed E-state index contributed by atoms with van der Waals surface area (Å²) < 4.78 is 7.46. The maximum Gasteiger partial charge on any atom is 0.255 e. The van der Waals surface area contributed by atoms with E-state index in [-0.39, 0.29) is 12.5 Å². The van der Waals surface area contributed by atoms with Gasteiger partial charge in [-0.2, -0.15) is 0 Å². The van der Waals surface area contributed by atoms with E-state index < -0.39 is 0 Å². The smallest absolute Gasteiger partial charge is 0.255 e. The minimum atomic E-state index is -0.256. The van der Waals surface area contributed by atoms with E-state index in [9.17, 15) is 4.79 Å². The standard InChI is InChI=1S/C21H17N5O2/c27-21(19-10-4-5-11-20(19)28-18-9-6-12-22-14-18)23-13-16-15-26(25-24-16)17-7-2-1-3-8-17/h1-12,14-15H,13H2,(H,23,27). The van der Waals surface area contributed by atoms with Crippen molar-refractivity contribution in [1.82, 2.24) is 25.3 Å². The van der Waals surface area contributed by atoms with Crippen LogP contribution in [0, 0.1) is 0 Å². The third-order valence-corrected chi connectivity index (χ3v) is 3.99. The van der Waals surface area contributed by atoms with Crippen LogP contribution in [0.3, 0.4) is 0 Å². The van der Waals surface area contributed by atoms with E-state index in [0.29, 0.717) is 22.8 Å². The first-order chi connectivity index (χ1) is 13.8. The van der Waals surface area contributed by atoms with Gasteiger partial charge < -0.3 is 10.1 Å². The summed E-state index contributed by atoms with van der Waals surface area (Å²) in [6.45, 7) is 0.257. The Kier molecular flexibility index (Phi) is 5.06. The predicted octanol–water partition coefficient (Wildman–Crippen LogP) is 3.38. The second-order valence-electron chi connectivity index (χ2n) is 5.96. The molecule has 1 N–H and O–H groups in total. The molecule has 0 saturated heterocycles. The summed E-state index contributed by atoms with van der Waals surface area (Å²) in [6, 6.07) is 20.3. The van der Waals surface area contributed by atoms with Crippen molar-refractivity contribution in [2.75, 3.05) is 0 Å². The average Bonchev–Trinajstić information content (AvgIpc) is 3.23. The van der Waals surface area contributed by atoms with Crippen LogP contribution in [-0.4, -0.2) is 25.9 Å². The Morgan fingerprint density at radius 1 is 1.00 bits per heavy atom. The zero-order valence-electron chi connectivity index (χ0n) is 14.9. The topological polar surface area (TPSA) is 81.9 Å². The first-order valence-corrected chi connectivity index (χ1v) is 8.71. The minimum absolute atomic E-state index is 0.256. The van der Waals surface area contributed by atoms with Gasteiger partial charge in [0.1, 0.15) is 17.2 Å². The minimum Gasteiger partial charge on any atom is -0.455 e. The molecule has 4 aromatic rings. The van der Waals surface area contributed by atoms with Crippen molar-refractivity contribution in [1.29, 1.82) is 0 Å². The first-order valence-electron chi connectivity index (χ1n) is 8.71. The lowest BCUT2D eigenvalue weighted by molar-refractivity contribution is 0.0948. The molecule has 4 rings (SSSR count). The summed E-state index contributed by atoms with van der Waals surface area (Å²) in [7, 11) is 0. The molecule has 28 heavy (non-hydrogen) atoms. The van der Waals surface area contributed by atoms with Gasteiger partial charge in [0.05, 0.1) is 30.2 Å². The average molecular weight is 371 g/mol. The number of carbonyl (C=O) groups excluding carboxylic acids is 1. The Bertz CT molecular complexity index is 1060. The molecular weight excluding hydrogens is 354 g/mol. The van der Waals surface area contributed by atoms with Gasteiger partial charge in [-0.05, 0) is 36.4 Å². The van der Waals surface area contributed by atoms with Crippen LogP contribution in [0.2, 0.25) is 0 Å². The number of amides is 1. The van der Waals surface area contributed by atoms with Gasteiger partial charge in [-0.25, -0.2) is 4.68 Å². The zero-order valence-corrected chi connectivity index (χ0v) is 14.9. The highest BCUT2D eigenvalue weighted by Crippen LogP contribution is 2.24. The van der Waals surface area contributed by atoms with Crippen LogP contribution in [0.5, 0.6) is 11.5 Å². The molecule has 2 aromatic heterocycles. The number of nitrogens with zero attached hydrogens (tertiary/aromatic N) is 4. The summed E-state index contributed by atoms with van der Waals surface area (Å²) in [4.78, 5) is 16.7. The van der Waals surface area contributed by atoms with Crippen molar-refractivity contribution >= 4 is 5.91 Å². The van der Waals surface area contributed by atoms with Crippen LogP contribution in [0.4, 0.5) is 0 Å². The molecule has 0 spiro atoms. The molecule has 138 valence electrons. The number of hydrogen-bond donors (Lipinski definition) is 1. The fourth-order valence-electron chi connectivity index (χ4n) is 2.63. The van der Waals surface area contributed by atoms with Crippen LogP contribution in [0.15, 0.2) is 85.3 Å². The normalized spacial score (nSPS) is 10.4. The van der Waals surface area contributed by atoms with Gasteiger partial charge in [-0.3, -0.25) is 9.78 Å². The Morgan fingerprint density at radius 3 is 2.64 bits per heavy atom.